The predicted octanol–water partition coefficient (Wildman–Crippen LogP) is 1.73. The molecule has 2 aromatic rings. The number of carbonyl (C=O) groups excluding carboxylic acids is 2. The second-order valence-electron chi connectivity index (χ2n) is 4.91. The Bertz CT molecular complexity index is 782. The van der Waals surface area contributed by atoms with Crippen molar-refractivity contribution in [1.82, 2.24) is 5.32 Å². The summed E-state index contributed by atoms with van der Waals surface area (Å²) in [6.45, 7) is 0.321. The van der Waals surface area contributed by atoms with E-state index in [1.165, 1.54) is 0 Å². The Morgan fingerprint density at radius 3 is 3.00 bits per heavy atom. The van der Waals surface area contributed by atoms with Crippen molar-refractivity contribution in [2.24, 2.45) is 5.73 Å². The van der Waals surface area contributed by atoms with Gasteiger partial charge in [0, 0.05) is 16.7 Å². The van der Waals surface area contributed by atoms with E-state index in [-0.39, 0.29) is 17.7 Å². The summed E-state index contributed by atoms with van der Waals surface area (Å²) in [4.78, 5) is 23.3. The van der Waals surface area contributed by atoms with Crippen LogP contribution in [-0.4, -0.2) is 18.4 Å². The van der Waals surface area contributed by atoms with E-state index in [1.807, 2.05) is 23.6 Å². The molecule has 4 nitrogen and oxygen atoms in total. The number of fused-ring (bicyclic) bond motifs is 1. The molecule has 0 radical (unpaired) electrons. The maximum Gasteiger partial charge on any atom is 0.234 e. The molecule has 3 N–H and O–H groups in total. The maximum absolute atomic E-state index is 12.0. The number of carbonyl (C=O) groups is 2. The molecule has 0 spiro atoms. The Kier molecular flexibility index (Phi) is 3.74. The number of benzene rings is 1. The van der Waals surface area contributed by atoms with Gasteiger partial charge in [-0.2, -0.15) is 0 Å². The molecule has 3 rings (SSSR count). The van der Waals surface area contributed by atoms with Crippen LogP contribution in [0, 0.1) is 11.8 Å². The molecule has 1 aliphatic rings. The van der Waals surface area contributed by atoms with E-state index < -0.39 is 0 Å². The van der Waals surface area contributed by atoms with Gasteiger partial charge in [-0.3, -0.25) is 14.9 Å². The van der Waals surface area contributed by atoms with E-state index in [2.05, 4.69) is 17.2 Å². The molecular weight excluding hydrogens is 284 g/mol. The highest BCUT2D eigenvalue weighted by Gasteiger charge is 2.29. The third-order valence-corrected chi connectivity index (χ3v) is 4.53. The molecular formula is C16H14N2O2S. The van der Waals surface area contributed by atoms with Crippen molar-refractivity contribution in [3.05, 3.63) is 34.7 Å². The smallest absolute Gasteiger partial charge is 0.234 e. The minimum atomic E-state index is -0.255. The van der Waals surface area contributed by atoms with Crippen molar-refractivity contribution < 1.29 is 9.59 Å². The number of nitrogens with one attached hydrogen (secondary N) is 1. The molecule has 1 atom stereocenters. The minimum absolute atomic E-state index is 0.190. The summed E-state index contributed by atoms with van der Waals surface area (Å²) in [5.74, 6) is 5.19. The molecule has 2 heterocycles. The third kappa shape index (κ3) is 2.68. The van der Waals surface area contributed by atoms with Gasteiger partial charge >= 0.3 is 0 Å². The summed E-state index contributed by atoms with van der Waals surface area (Å²) in [6.07, 6.45) is 0.954. The van der Waals surface area contributed by atoms with Crippen molar-refractivity contribution >= 4 is 33.2 Å². The van der Waals surface area contributed by atoms with E-state index in [9.17, 15) is 9.59 Å². The first-order valence-electron chi connectivity index (χ1n) is 6.73. The van der Waals surface area contributed by atoms with Gasteiger partial charge in [-0.15, -0.1) is 11.3 Å². The van der Waals surface area contributed by atoms with Crippen molar-refractivity contribution in [3.8, 4) is 11.8 Å². The molecule has 1 saturated heterocycles. The van der Waals surface area contributed by atoms with Gasteiger partial charge in [-0.1, -0.05) is 11.8 Å². The summed E-state index contributed by atoms with van der Waals surface area (Å²) in [5, 5.41) is 5.46. The van der Waals surface area contributed by atoms with E-state index >= 15 is 0 Å². The van der Waals surface area contributed by atoms with Crippen LogP contribution in [-0.2, 0) is 9.59 Å². The van der Waals surface area contributed by atoms with Crippen molar-refractivity contribution in [1.29, 1.82) is 0 Å². The highest BCUT2D eigenvalue weighted by atomic mass is 32.1. The Balaban J connectivity index is 2.02. The zero-order valence-corrected chi connectivity index (χ0v) is 12.1. The fourth-order valence-corrected chi connectivity index (χ4v) is 3.54. The summed E-state index contributed by atoms with van der Waals surface area (Å²) in [6, 6.07) is 5.96. The average Bonchev–Trinajstić information content (AvgIpc) is 2.88. The van der Waals surface area contributed by atoms with Crippen LogP contribution in [0.1, 0.15) is 29.9 Å². The molecule has 5 heteroatoms. The highest BCUT2D eigenvalue weighted by Crippen LogP contribution is 2.35. The van der Waals surface area contributed by atoms with E-state index in [0.29, 0.717) is 19.4 Å². The van der Waals surface area contributed by atoms with Gasteiger partial charge < -0.3 is 5.73 Å². The maximum atomic E-state index is 12.0. The standard InChI is InChI=1S/C16H14N2O2S/c17-7-1-2-10-3-5-14-12(8-10)13(9-21-14)11-4-6-15(19)18-16(11)20/h3,5,8-9,11H,4,6-7,17H2,(H,18,19,20). The van der Waals surface area contributed by atoms with Crippen LogP contribution in [0.5, 0.6) is 0 Å². The largest absolute Gasteiger partial charge is 0.320 e. The molecule has 1 unspecified atom stereocenters. The van der Waals surface area contributed by atoms with Gasteiger partial charge in [0.05, 0.1) is 12.5 Å². The molecule has 2 amide bonds. The molecule has 0 saturated carbocycles. The summed E-state index contributed by atoms with van der Waals surface area (Å²) < 4.78 is 1.12. The number of nitrogens with two attached hydrogens (primary N) is 1. The monoisotopic (exact) mass is 298 g/mol. The van der Waals surface area contributed by atoms with Gasteiger partial charge in [0.1, 0.15) is 0 Å². The molecule has 1 aromatic heterocycles. The Morgan fingerprint density at radius 2 is 2.24 bits per heavy atom. The van der Waals surface area contributed by atoms with E-state index in [4.69, 9.17) is 5.73 Å². The van der Waals surface area contributed by atoms with E-state index in [1.54, 1.807) is 11.3 Å². The van der Waals surface area contributed by atoms with Crippen LogP contribution in [0.3, 0.4) is 0 Å². The quantitative estimate of drug-likeness (QED) is 0.622. The van der Waals surface area contributed by atoms with Crippen LogP contribution >= 0.6 is 11.3 Å². The molecule has 0 aliphatic carbocycles. The fraction of sp³-hybridized carbons (Fsp3) is 0.250. The molecule has 1 aromatic carbocycles. The number of thiophene rings is 1. The lowest BCUT2D eigenvalue weighted by atomic mass is 9.90. The van der Waals surface area contributed by atoms with Crippen LogP contribution in [0.2, 0.25) is 0 Å². The number of hydrogen-bond donors (Lipinski definition) is 2. The molecule has 1 fully saturated rings. The number of amides is 2. The van der Waals surface area contributed by atoms with Crippen molar-refractivity contribution in [2.45, 2.75) is 18.8 Å². The lowest BCUT2D eigenvalue weighted by molar-refractivity contribution is -0.134. The molecule has 1 aliphatic heterocycles. The van der Waals surface area contributed by atoms with Crippen molar-refractivity contribution in [2.75, 3.05) is 6.54 Å². The molecule has 106 valence electrons. The van der Waals surface area contributed by atoms with Crippen LogP contribution in [0.25, 0.3) is 10.1 Å². The summed E-state index contributed by atoms with van der Waals surface area (Å²) in [5.41, 5.74) is 7.26. The lowest BCUT2D eigenvalue weighted by Gasteiger charge is -2.20. The Labute approximate surface area is 126 Å². The summed E-state index contributed by atoms with van der Waals surface area (Å²) >= 11 is 1.61. The fourth-order valence-electron chi connectivity index (χ4n) is 2.54. The average molecular weight is 298 g/mol. The van der Waals surface area contributed by atoms with Crippen LogP contribution in [0.4, 0.5) is 0 Å². The third-order valence-electron chi connectivity index (χ3n) is 3.55. The first-order chi connectivity index (χ1) is 10.2. The molecule has 21 heavy (non-hydrogen) atoms. The summed E-state index contributed by atoms with van der Waals surface area (Å²) in [7, 11) is 0. The van der Waals surface area contributed by atoms with Gasteiger partial charge in [-0.05, 0) is 40.9 Å². The number of hydrogen-bond acceptors (Lipinski definition) is 4. The zero-order chi connectivity index (χ0) is 14.8. The lowest BCUT2D eigenvalue weighted by Crippen LogP contribution is -2.39. The Morgan fingerprint density at radius 1 is 1.38 bits per heavy atom. The predicted molar refractivity (Wildman–Crippen MR) is 82.9 cm³/mol. The van der Waals surface area contributed by atoms with Crippen molar-refractivity contribution in [3.63, 3.8) is 0 Å². The Hall–Kier alpha value is -2.16. The minimum Gasteiger partial charge on any atom is -0.320 e. The SMILES string of the molecule is NCC#Cc1ccc2scc(C3CCC(=O)NC3=O)c2c1. The second kappa shape index (κ2) is 5.68. The van der Waals surface area contributed by atoms with Gasteiger partial charge in [-0.25, -0.2) is 0 Å². The topological polar surface area (TPSA) is 72.2 Å². The van der Waals surface area contributed by atoms with Crippen LogP contribution < -0.4 is 11.1 Å². The zero-order valence-electron chi connectivity index (χ0n) is 11.3. The first-order valence-corrected chi connectivity index (χ1v) is 7.61. The first kappa shape index (κ1) is 13.8. The van der Waals surface area contributed by atoms with Crippen LogP contribution in [0.15, 0.2) is 23.6 Å². The normalized spacial score (nSPS) is 18.2. The molecule has 0 bridgehead atoms. The van der Waals surface area contributed by atoms with E-state index in [0.717, 1.165) is 21.2 Å². The number of imide groups is 1. The second-order valence-corrected chi connectivity index (χ2v) is 5.82. The van der Waals surface area contributed by atoms with Gasteiger partial charge in [0.15, 0.2) is 0 Å². The van der Waals surface area contributed by atoms with Gasteiger partial charge in [0.2, 0.25) is 11.8 Å². The van der Waals surface area contributed by atoms with Gasteiger partial charge in [0.25, 0.3) is 0 Å². The number of piperidine rings is 1. The highest BCUT2D eigenvalue weighted by molar-refractivity contribution is 7.17. The number of rotatable bonds is 1.